The summed E-state index contributed by atoms with van der Waals surface area (Å²) < 4.78 is 1.25. The summed E-state index contributed by atoms with van der Waals surface area (Å²) in [5.41, 5.74) is 11.2. The molecule has 0 saturated heterocycles. The number of rotatable bonds is 2. The van der Waals surface area contributed by atoms with Crippen LogP contribution in [0.2, 0.25) is 0 Å². The minimum absolute atomic E-state index is 0.733. The van der Waals surface area contributed by atoms with Gasteiger partial charge in [-0.2, -0.15) is 0 Å². The van der Waals surface area contributed by atoms with Gasteiger partial charge in [-0.15, -0.1) is 0 Å². The molecule has 80 valence electrons. The molecular formula is C13H16BrN. The summed E-state index contributed by atoms with van der Waals surface area (Å²) in [4.78, 5) is 0. The van der Waals surface area contributed by atoms with E-state index < -0.39 is 0 Å². The molecule has 15 heavy (non-hydrogen) atoms. The van der Waals surface area contributed by atoms with Crippen LogP contribution in [0, 0.1) is 6.92 Å². The first kappa shape index (κ1) is 10.9. The lowest BCUT2D eigenvalue weighted by molar-refractivity contribution is 0.933. The van der Waals surface area contributed by atoms with E-state index in [1.807, 2.05) is 0 Å². The van der Waals surface area contributed by atoms with Crippen LogP contribution in [0.4, 0.5) is 0 Å². The first-order valence-corrected chi connectivity index (χ1v) is 6.20. The van der Waals surface area contributed by atoms with E-state index in [4.69, 9.17) is 5.73 Å². The predicted molar refractivity (Wildman–Crippen MR) is 68.8 cm³/mol. The van der Waals surface area contributed by atoms with E-state index in [1.165, 1.54) is 26.7 Å². The monoisotopic (exact) mass is 265 g/mol. The van der Waals surface area contributed by atoms with Crippen molar-refractivity contribution < 1.29 is 0 Å². The molecule has 1 aromatic carbocycles. The van der Waals surface area contributed by atoms with Crippen LogP contribution in [0.1, 0.15) is 29.5 Å². The number of fused-ring (bicyclic) bond motifs is 1. The SMILES string of the molecule is Cc1cc(Br)c2c(c1)C(CCN)=CCC2. The van der Waals surface area contributed by atoms with Crippen molar-refractivity contribution >= 4 is 21.5 Å². The number of aryl methyl sites for hydroxylation is 1. The minimum atomic E-state index is 0.733. The van der Waals surface area contributed by atoms with Crippen molar-refractivity contribution in [2.45, 2.75) is 26.2 Å². The van der Waals surface area contributed by atoms with Crippen molar-refractivity contribution in [3.05, 3.63) is 39.4 Å². The van der Waals surface area contributed by atoms with Crippen LogP contribution in [-0.2, 0) is 6.42 Å². The summed E-state index contributed by atoms with van der Waals surface area (Å²) >= 11 is 3.65. The van der Waals surface area contributed by atoms with Gasteiger partial charge >= 0.3 is 0 Å². The van der Waals surface area contributed by atoms with Crippen molar-refractivity contribution in [3.63, 3.8) is 0 Å². The third-order valence-corrected chi connectivity index (χ3v) is 3.59. The zero-order chi connectivity index (χ0) is 10.8. The summed E-state index contributed by atoms with van der Waals surface area (Å²) in [5, 5.41) is 0. The van der Waals surface area contributed by atoms with Crippen molar-refractivity contribution in [2.75, 3.05) is 6.54 Å². The van der Waals surface area contributed by atoms with Crippen molar-refractivity contribution in [2.24, 2.45) is 5.73 Å². The van der Waals surface area contributed by atoms with E-state index in [1.54, 1.807) is 0 Å². The Bertz CT molecular complexity index is 407. The lowest BCUT2D eigenvalue weighted by Crippen LogP contribution is -2.06. The molecule has 0 aromatic heterocycles. The molecule has 0 amide bonds. The molecule has 0 fully saturated rings. The molecule has 0 bridgehead atoms. The molecule has 1 aliphatic carbocycles. The highest BCUT2D eigenvalue weighted by Crippen LogP contribution is 2.34. The Labute approximate surface area is 99.5 Å². The van der Waals surface area contributed by atoms with E-state index in [0.717, 1.165) is 25.8 Å². The Balaban J connectivity index is 2.49. The summed E-state index contributed by atoms with van der Waals surface area (Å²) in [7, 11) is 0. The summed E-state index contributed by atoms with van der Waals surface area (Å²) in [5.74, 6) is 0. The smallest absolute Gasteiger partial charge is 0.0216 e. The molecule has 0 atom stereocenters. The Morgan fingerprint density at radius 1 is 1.40 bits per heavy atom. The number of hydrogen-bond donors (Lipinski definition) is 1. The molecule has 2 heteroatoms. The first-order chi connectivity index (χ1) is 7.22. The van der Waals surface area contributed by atoms with Gasteiger partial charge < -0.3 is 5.73 Å². The van der Waals surface area contributed by atoms with E-state index in [2.05, 4.69) is 41.1 Å². The van der Waals surface area contributed by atoms with Gasteiger partial charge in [-0.05, 0) is 61.1 Å². The van der Waals surface area contributed by atoms with E-state index >= 15 is 0 Å². The molecule has 1 nitrogen and oxygen atoms in total. The van der Waals surface area contributed by atoms with Crippen LogP contribution in [0.5, 0.6) is 0 Å². The molecule has 2 rings (SSSR count). The lowest BCUT2D eigenvalue weighted by atomic mass is 9.88. The van der Waals surface area contributed by atoms with Gasteiger partial charge in [0.05, 0.1) is 0 Å². The maximum Gasteiger partial charge on any atom is 0.0216 e. The van der Waals surface area contributed by atoms with Crippen LogP contribution in [-0.4, -0.2) is 6.54 Å². The summed E-state index contributed by atoms with van der Waals surface area (Å²) in [6.07, 6.45) is 5.61. The highest BCUT2D eigenvalue weighted by atomic mass is 79.9. The van der Waals surface area contributed by atoms with E-state index in [9.17, 15) is 0 Å². The van der Waals surface area contributed by atoms with E-state index in [0.29, 0.717) is 0 Å². The largest absolute Gasteiger partial charge is 0.330 e. The minimum Gasteiger partial charge on any atom is -0.330 e. The molecular weight excluding hydrogens is 250 g/mol. The maximum atomic E-state index is 5.64. The number of nitrogens with two attached hydrogens (primary N) is 1. The first-order valence-electron chi connectivity index (χ1n) is 5.41. The fraction of sp³-hybridized carbons (Fsp3) is 0.385. The van der Waals surface area contributed by atoms with Gasteiger partial charge in [0.25, 0.3) is 0 Å². The Hall–Kier alpha value is -0.600. The molecule has 1 aliphatic rings. The molecule has 0 spiro atoms. The van der Waals surface area contributed by atoms with Crippen LogP contribution in [0.15, 0.2) is 22.7 Å². The van der Waals surface area contributed by atoms with Crippen LogP contribution in [0.25, 0.3) is 5.57 Å². The highest BCUT2D eigenvalue weighted by molar-refractivity contribution is 9.10. The molecule has 2 N–H and O–H groups in total. The van der Waals surface area contributed by atoms with Crippen LogP contribution >= 0.6 is 15.9 Å². The fourth-order valence-corrected chi connectivity index (χ4v) is 2.98. The second-order valence-electron chi connectivity index (χ2n) is 4.08. The lowest BCUT2D eigenvalue weighted by Gasteiger charge is -2.19. The van der Waals surface area contributed by atoms with Crippen molar-refractivity contribution in [1.82, 2.24) is 0 Å². The normalized spacial score (nSPS) is 14.7. The standard InChI is InChI=1S/C13H16BrN/c1-9-7-12-10(5-6-15)3-2-4-11(12)13(14)8-9/h3,7-8H,2,4-6,15H2,1H3. The highest BCUT2D eigenvalue weighted by Gasteiger charge is 2.14. The molecule has 0 heterocycles. The van der Waals surface area contributed by atoms with Crippen LogP contribution in [0.3, 0.4) is 0 Å². The van der Waals surface area contributed by atoms with Gasteiger partial charge in [-0.1, -0.05) is 28.1 Å². The van der Waals surface area contributed by atoms with Crippen molar-refractivity contribution in [3.8, 4) is 0 Å². The average molecular weight is 266 g/mol. The number of allylic oxidation sites excluding steroid dienone is 1. The zero-order valence-electron chi connectivity index (χ0n) is 9.02. The van der Waals surface area contributed by atoms with E-state index in [-0.39, 0.29) is 0 Å². The molecule has 0 radical (unpaired) electrons. The maximum absolute atomic E-state index is 5.64. The summed E-state index contributed by atoms with van der Waals surface area (Å²) in [6, 6.07) is 4.48. The average Bonchev–Trinajstić information content (AvgIpc) is 2.19. The third kappa shape index (κ3) is 2.16. The third-order valence-electron chi connectivity index (χ3n) is 2.88. The molecule has 1 aromatic rings. The quantitative estimate of drug-likeness (QED) is 0.871. The Morgan fingerprint density at radius 2 is 2.20 bits per heavy atom. The van der Waals surface area contributed by atoms with Gasteiger partial charge in [0, 0.05) is 4.47 Å². The van der Waals surface area contributed by atoms with Gasteiger partial charge in [0.15, 0.2) is 0 Å². The molecule has 0 saturated carbocycles. The second kappa shape index (κ2) is 4.50. The number of halogens is 1. The predicted octanol–water partition coefficient (Wildman–Crippen LogP) is 3.44. The number of benzene rings is 1. The fourth-order valence-electron chi connectivity index (χ4n) is 2.21. The molecule has 0 aliphatic heterocycles. The topological polar surface area (TPSA) is 26.0 Å². The van der Waals surface area contributed by atoms with Crippen LogP contribution < -0.4 is 5.73 Å². The van der Waals surface area contributed by atoms with Gasteiger partial charge in [-0.25, -0.2) is 0 Å². The van der Waals surface area contributed by atoms with Crippen molar-refractivity contribution in [1.29, 1.82) is 0 Å². The molecule has 0 unspecified atom stereocenters. The number of hydrogen-bond acceptors (Lipinski definition) is 1. The van der Waals surface area contributed by atoms with Gasteiger partial charge in [0.2, 0.25) is 0 Å². The second-order valence-corrected chi connectivity index (χ2v) is 4.93. The van der Waals surface area contributed by atoms with Gasteiger partial charge in [0.1, 0.15) is 0 Å². The zero-order valence-corrected chi connectivity index (χ0v) is 10.6. The Morgan fingerprint density at radius 3 is 2.93 bits per heavy atom. The van der Waals surface area contributed by atoms with Gasteiger partial charge in [-0.3, -0.25) is 0 Å². The Kier molecular flexibility index (Phi) is 3.27. The summed E-state index contributed by atoms with van der Waals surface area (Å²) in [6.45, 7) is 2.87.